The van der Waals surface area contributed by atoms with Gasteiger partial charge in [-0.2, -0.15) is 4.98 Å². The van der Waals surface area contributed by atoms with Crippen molar-refractivity contribution < 1.29 is 4.52 Å². The van der Waals surface area contributed by atoms with Crippen molar-refractivity contribution in [2.45, 2.75) is 64.0 Å². The summed E-state index contributed by atoms with van der Waals surface area (Å²) in [5, 5.41) is 17.4. The molecule has 2 aromatic heterocycles. The molecule has 146 valence electrons. The summed E-state index contributed by atoms with van der Waals surface area (Å²) >= 11 is 6.22. The molecule has 0 saturated heterocycles. The maximum absolute atomic E-state index is 6.22. The number of nitrogens with zero attached hydrogens (tertiary/aromatic N) is 5. The molecule has 2 aliphatic rings. The molecule has 0 amide bonds. The third-order valence-corrected chi connectivity index (χ3v) is 6.11. The van der Waals surface area contributed by atoms with Crippen LogP contribution in [0.3, 0.4) is 0 Å². The van der Waals surface area contributed by atoms with Crippen LogP contribution in [0, 0.1) is 0 Å². The highest BCUT2D eigenvalue weighted by molar-refractivity contribution is 6.30. The minimum absolute atomic E-state index is 0.375. The Hall–Kier alpha value is -2.25. The lowest BCUT2D eigenvalue weighted by molar-refractivity contribution is 0.344. The summed E-state index contributed by atoms with van der Waals surface area (Å²) in [5.41, 5.74) is 2.32. The number of hydrogen-bond donors (Lipinski definition) is 1. The zero-order chi connectivity index (χ0) is 19.1. The van der Waals surface area contributed by atoms with Gasteiger partial charge >= 0.3 is 0 Å². The van der Waals surface area contributed by atoms with Crippen LogP contribution in [0.1, 0.15) is 73.4 Å². The Morgan fingerprint density at radius 2 is 1.96 bits per heavy atom. The van der Waals surface area contributed by atoms with Gasteiger partial charge in [0.15, 0.2) is 11.6 Å². The number of halogens is 1. The van der Waals surface area contributed by atoms with Crippen molar-refractivity contribution in [1.82, 2.24) is 30.2 Å². The van der Waals surface area contributed by atoms with Gasteiger partial charge < -0.3 is 9.84 Å². The first-order valence-electron chi connectivity index (χ1n) is 9.99. The molecule has 1 aromatic carbocycles. The van der Waals surface area contributed by atoms with E-state index in [-0.39, 0.29) is 0 Å². The van der Waals surface area contributed by atoms with E-state index in [9.17, 15) is 0 Å². The van der Waals surface area contributed by atoms with Gasteiger partial charge in [0.05, 0.1) is 12.2 Å². The lowest BCUT2D eigenvalue weighted by atomic mass is 9.81. The van der Waals surface area contributed by atoms with E-state index in [4.69, 9.17) is 16.1 Å². The molecule has 8 heteroatoms. The van der Waals surface area contributed by atoms with Crippen molar-refractivity contribution in [2.75, 3.05) is 0 Å². The topological polar surface area (TPSA) is 81.7 Å². The first-order valence-corrected chi connectivity index (χ1v) is 10.4. The third kappa shape index (κ3) is 3.12. The van der Waals surface area contributed by atoms with Gasteiger partial charge in [0.25, 0.3) is 0 Å². The van der Waals surface area contributed by atoms with Crippen LogP contribution in [0.25, 0.3) is 5.69 Å². The number of rotatable bonds is 3. The Morgan fingerprint density at radius 3 is 2.75 bits per heavy atom. The second-order valence-electron chi connectivity index (χ2n) is 7.63. The van der Waals surface area contributed by atoms with Crippen LogP contribution in [-0.2, 0) is 19.5 Å². The molecule has 1 saturated carbocycles. The smallest absolute Gasteiger partial charge is 0.226 e. The largest absolute Gasteiger partial charge is 0.339 e. The highest BCUT2D eigenvalue weighted by atomic mass is 35.5. The van der Waals surface area contributed by atoms with E-state index in [0.717, 1.165) is 72.7 Å². The minimum Gasteiger partial charge on any atom is -0.339 e. The molecule has 1 aliphatic carbocycles. The average molecular weight is 399 g/mol. The van der Waals surface area contributed by atoms with Gasteiger partial charge in [-0.1, -0.05) is 23.7 Å². The summed E-state index contributed by atoms with van der Waals surface area (Å²) in [4.78, 5) is 4.53. The molecule has 3 aromatic rings. The first-order chi connectivity index (χ1) is 13.7. The number of hydrogen-bond acceptors (Lipinski definition) is 6. The third-order valence-electron chi connectivity index (χ3n) is 5.88. The molecule has 1 N–H and O–H groups in total. The molecule has 1 aliphatic heterocycles. The Labute approximate surface area is 168 Å². The Kier molecular flexibility index (Phi) is 4.64. The summed E-state index contributed by atoms with van der Waals surface area (Å²) in [6, 6.07) is 6.05. The van der Waals surface area contributed by atoms with Gasteiger partial charge in [0.1, 0.15) is 5.82 Å². The van der Waals surface area contributed by atoms with Gasteiger partial charge in [0, 0.05) is 29.8 Å². The van der Waals surface area contributed by atoms with Gasteiger partial charge in [-0.3, -0.25) is 4.57 Å². The molecule has 0 unspecified atom stereocenters. The monoisotopic (exact) mass is 398 g/mol. The highest BCUT2D eigenvalue weighted by Crippen LogP contribution is 2.40. The van der Waals surface area contributed by atoms with E-state index in [1.54, 1.807) is 0 Å². The molecule has 28 heavy (non-hydrogen) atoms. The van der Waals surface area contributed by atoms with Crippen molar-refractivity contribution >= 4 is 11.6 Å². The predicted octanol–water partition coefficient (Wildman–Crippen LogP) is 3.91. The molecule has 7 nitrogen and oxygen atoms in total. The Bertz CT molecular complexity index is 988. The van der Waals surface area contributed by atoms with Crippen LogP contribution >= 0.6 is 11.6 Å². The van der Waals surface area contributed by atoms with Gasteiger partial charge in [-0.15, -0.1) is 10.2 Å². The fourth-order valence-corrected chi connectivity index (χ4v) is 4.58. The van der Waals surface area contributed by atoms with Crippen LogP contribution in [0.15, 0.2) is 22.7 Å². The molecular weight excluding hydrogens is 376 g/mol. The second kappa shape index (κ2) is 7.29. The summed E-state index contributed by atoms with van der Waals surface area (Å²) < 4.78 is 7.53. The predicted molar refractivity (Wildman–Crippen MR) is 105 cm³/mol. The van der Waals surface area contributed by atoms with E-state index < -0.39 is 0 Å². The van der Waals surface area contributed by atoms with E-state index in [1.165, 1.54) is 5.56 Å². The second-order valence-corrected chi connectivity index (χ2v) is 8.07. The fourth-order valence-electron chi connectivity index (χ4n) is 4.38. The maximum atomic E-state index is 6.22. The number of fused-ring (bicyclic) bond motifs is 3. The standard InChI is InChI=1S/C20H23ClN6O/c1-2-18-23-19(26-28-18)12-3-5-13(6-4-12)20-25-24-17-11-22-10-14-9-15(21)7-8-16(14)27(17)20/h7-9,12-13,22H,2-6,10-11H2,1H3. The minimum atomic E-state index is 0.375. The average Bonchev–Trinajstić information content (AvgIpc) is 3.32. The maximum Gasteiger partial charge on any atom is 0.226 e. The van der Waals surface area contributed by atoms with Crippen molar-refractivity contribution in [3.63, 3.8) is 0 Å². The lowest BCUT2D eigenvalue weighted by Gasteiger charge is -2.26. The van der Waals surface area contributed by atoms with Crippen LogP contribution < -0.4 is 5.32 Å². The van der Waals surface area contributed by atoms with Crippen LogP contribution in [0.4, 0.5) is 0 Å². The zero-order valence-electron chi connectivity index (χ0n) is 15.9. The summed E-state index contributed by atoms with van der Waals surface area (Å²) in [5.74, 6) is 4.37. The quantitative estimate of drug-likeness (QED) is 0.720. The van der Waals surface area contributed by atoms with Crippen LogP contribution in [-0.4, -0.2) is 24.9 Å². The van der Waals surface area contributed by atoms with Crippen molar-refractivity contribution in [1.29, 1.82) is 0 Å². The number of nitrogens with one attached hydrogen (secondary N) is 1. The summed E-state index contributed by atoms with van der Waals surface area (Å²) in [6.45, 7) is 3.52. The molecule has 3 heterocycles. The highest BCUT2D eigenvalue weighted by Gasteiger charge is 2.31. The molecule has 0 bridgehead atoms. The van der Waals surface area contributed by atoms with Gasteiger partial charge in [-0.05, 0) is 49.4 Å². The van der Waals surface area contributed by atoms with Crippen molar-refractivity contribution in [3.05, 3.63) is 52.1 Å². The zero-order valence-corrected chi connectivity index (χ0v) is 16.6. The van der Waals surface area contributed by atoms with Crippen molar-refractivity contribution in [3.8, 4) is 5.69 Å². The van der Waals surface area contributed by atoms with Crippen molar-refractivity contribution in [2.24, 2.45) is 0 Å². The van der Waals surface area contributed by atoms with E-state index >= 15 is 0 Å². The number of benzene rings is 1. The lowest BCUT2D eigenvalue weighted by Crippen LogP contribution is -2.17. The Morgan fingerprint density at radius 1 is 1.14 bits per heavy atom. The van der Waals surface area contributed by atoms with Crippen LogP contribution in [0.5, 0.6) is 0 Å². The van der Waals surface area contributed by atoms with Crippen LogP contribution in [0.2, 0.25) is 5.02 Å². The summed E-state index contributed by atoms with van der Waals surface area (Å²) in [7, 11) is 0. The molecule has 0 spiro atoms. The SMILES string of the molecule is CCc1nc(C2CCC(c3nnc4n3-c3ccc(Cl)cc3CNC4)CC2)no1. The van der Waals surface area contributed by atoms with E-state index in [0.29, 0.717) is 18.4 Å². The van der Waals surface area contributed by atoms with Gasteiger partial charge in [-0.25, -0.2) is 0 Å². The Balaban J connectivity index is 1.41. The van der Waals surface area contributed by atoms with E-state index in [2.05, 4.69) is 36.3 Å². The van der Waals surface area contributed by atoms with Gasteiger partial charge in [0.2, 0.25) is 5.89 Å². The molecule has 0 radical (unpaired) electrons. The molecule has 5 rings (SSSR count). The molecule has 0 atom stereocenters. The number of aromatic nitrogens is 5. The number of aryl methyl sites for hydroxylation is 1. The molecule has 1 fully saturated rings. The summed E-state index contributed by atoms with van der Waals surface area (Å²) in [6.07, 6.45) is 4.97. The normalized spacial score (nSPS) is 21.8. The first kappa shape index (κ1) is 17.8. The van der Waals surface area contributed by atoms with E-state index in [1.807, 2.05) is 19.1 Å². The molecular formula is C20H23ClN6O. The fraction of sp³-hybridized carbons (Fsp3) is 0.500.